The third-order valence-electron chi connectivity index (χ3n) is 3.96. The second kappa shape index (κ2) is 6.36. The molecule has 0 fully saturated rings. The lowest BCUT2D eigenvalue weighted by Crippen LogP contribution is -2.14. The molecule has 0 bridgehead atoms. The fourth-order valence-corrected chi connectivity index (χ4v) is 2.74. The minimum atomic E-state index is -0.481. The van der Waals surface area contributed by atoms with E-state index in [2.05, 4.69) is 20.4 Å². The van der Waals surface area contributed by atoms with Crippen LogP contribution in [0.25, 0.3) is 22.3 Å². The van der Waals surface area contributed by atoms with Crippen LogP contribution in [-0.2, 0) is 0 Å². The van der Waals surface area contributed by atoms with Crippen molar-refractivity contribution in [3.63, 3.8) is 0 Å². The highest BCUT2D eigenvalue weighted by atomic mass is 19.1. The third kappa shape index (κ3) is 2.69. The number of nitrogens with one attached hydrogen (secondary N) is 1. The molecule has 26 heavy (non-hydrogen) atoms. The minimum absolute atomic E-state index is 0.157. The number of halogens is 1. The predicted octanol–water partition coefficient (Wildman–Crippen LogP) is 3.98. The van der Waals surface area contributed by atoms with E-state index in [4.69, 9.17) is 4.52 Å². The zero-order valence-electron chi connectivity index (χ0n) is 13.7. The number of hydrogen-bond acceptors (Lipinski definition) is 5. The molecular formula is C19H13FN4O2. The first-order valence-electron chi connectivity index (χ1n) is 7.87. The molecule has 0 saturated carbocycles. The van der Waals surface area contributed by atoms with Gasteiger partial charge in [-0.2, -0.15) is 0 Å². The van der Waals surface area contributed by atoms with Crippen molar-refractivity contribution < 1.29 is 13.7 Å². The summed E-state index contributed by atoms with van der Waals surface area (Å²) >= 11 is 0. The molecule has 0 saturated heterocycles. The van der Waals surface area contributed by atoms with Gasteiger partial charge in [0.1, 0.15) is 28.4 Å². The fraction of sp³-hybridized carbons (Fsp3) is 0.0526. The van der Waals surface area contributed by atoms with Gasteiger partial charge >= 0.3 is 0 Å². The first-order chi connectivity index (χ1) is 12.6. The highest BCUT2D eigenvalue weighted by molar-refractivity contribution is 6.11. The summed E-state index contributed by atoms with van der Waals surface area (Å²) < 4.78 is 19.3. The van der Waals surface area contributed by atoms with E-state index in [1.54, 1.807) is 55.7 Å². The van der Waals surface area contributed by atoms with E-state index >= 15 is 0 Å². The molecule has 7 heteroatoms. The van der Waals surface area contributed by atoms with E-state index in [-0.39, 0.29) is 16.8 Å². The van der Waals surface area contributed by atoms with Gasteiger partial charge in [-0.05, 0) is 37.3 Å². The Kier molecular flexibility index (Phi) is 3.89. The Labute approximate surface area is 147 Å². The van der Waals surface area contributed by atoms with Gasteiger partial charge in [-0.15, -0.1) is 0 Å². The van der Waals surface area contributed by atoms with E-state index in [1.807, 2.05) is 0 Å². The van der Waals surface area contributed by atoms with E-state index in [1.165, 1.54) is 6.07 Å². The van der Waals surface area contributed by atoms with Gasteiger partial charge in [0.15, 0.2) is 0 Å². The summed E-state index contributed by atoms with van der Waals surface area (Å²) in [5, 5.41) is 6.66. The summed E-state index contributed by atoms with van der Waals surface area (Å²) in [6, 6.07) is 11.3. The second-order valence-corrected chi connectivity index (χ2v) is 5.63. The maximum atomic E-state index is 14.1. The zero-order chi connectivity index (χ0) is 18.1. The van der Waals surface area contributed by atoms with E-state index in [0.717, 1.165) is 0 Å². The normalized spacial score (nSPS) is 10.8. The van der Waals surface area contributed by atoms with Gasteiger partial charge in [-0.3, -0.25) is 14.8 Å². The van der Waals surface area contributed by atoms with Crippen molar-refractivity contribution in [3.8, 4) is 11.3 Å². The van der Waals surface area contributed by atoms with Gasteiger partial charge in [-0.1, -0.05) is 17.3 Å². The maximum Gasteiger partial charge on any atom is 0.261 e. The molecule has 0 aliphatic rings. The zero-order valence-corrected chi connectivity index (χ0v) is 13.7. The first-order valence-corrected chi connectivity index (χ1v) is 7.87. The number of aryl methyl sites for hydroxylation is 1. The summed E-state index contributed by atoms with van der Waals surface area (Å²) in [6.07, 6.45) is 3.20. The number of amides is 1. The van der Waals surface area contributed by atoms with Gasteiger partial charge < -0.3 is 9.84 Å². The Hall–Kier alpha value is -3.61. The van der Waals surface area contributed by atoms with Crippen LogP contribution in [0.5, 0.6) is 0 Å². The molecule has 0 atom stereocenters. The number of nitrogens with zero attached hydrogens (tertiary/aromatic N) is 3. The van der Waals surface area contributed by atoms with Crippen molar-refractivity contribution >= 4 is 22.6 Å². The van der Waals surface area contributed by atoms with Crippen LogP contribution in [0.3, 0.4) is 0 Å². The highest BCUT2D eigenvalue weighted by Crippen LogP contribution is 2.28. The van der Waals surface area contributed by atoms with Gasteiger partial charge in [0.2, 0.25) is 0 Å². The Morgan fingerprint density at radius 3 is 2.77 bits per heavy atom. The van der Waals surface area contributed by atoms with Gasteiger partial charge in [0, 0.05) is 18.0 Å². The second-order valence-electron chi connectivity index (χ2n) is 5.63. The van der Waals surface area contributed by atoms with Crippen molar-refractivity contribution in [1.29, 1.82) is 0 Å². The molecule has 3 aromatic heterocycles. The van der Waals surface area contributed by atoms with E-state index < -0.39 is 11.7 Å². The van der Waals surface area contributed by atoms with E-state index in [0.29, 0.717) is 22.5 Å². The van der Waals surface area contributed by atoms with Gasteiger partial charge in [-0.25, -0.2) is 4.39 Å². The lowest BCUT2D eigenvalue weighted by Gasteiger charge is -2.08. The first kappa shape index (κ1) is 15.9. The molecule has 6 nitrogen and oxygen atoms in total. The van der Waals surface area contributed by atoms with Crippen LogP contribution in [0.2, 0.25) is 0 Å². The molecule has 4 aromatic rings. The minimum Gasteiger partial charge on any atom is -0.360 e. The Morgan fingerprint density at radius 2 is 1.92 bits per heavy atom. The summed E-state index contributed by atoms with van der Waals surface area (Å²) in [4.78, 5) is 21.3. The number of rotatable bonds is 3. The van der Waals surface area contributed by atoms with Gasteiger partial charge in [0.05, 0.1) is 11.2 Å². The highest BCUT2D eigenvalue weighted by Gasteiger charge is 2.24. The number of aromatic nitrogens is 3. The van der Waals surface area contributed by atoms with Crippen molar-refractivity contribution in [2.24, 2.45) is 0 Å². The Bertz CT molecular complexity index is 1120. The SMILES string of the molecule is Cc1onc(-c2ccccc2F)c1C(=O)Nc1ccnc2cccnc12. The number of carbonyl (C=O) groups is 1. The maximum absolute atomic E-state index is 14.1. The molecule has 0 spiro atoms. The van der Waals surface area contributed by atoms with Crippen molar-refractivity contribution in [3.05, 3.63) is 72.0 Å². The molecule has 128 valence electrons. The average molecular weight is 348 g/mol. The molecular weight excluding hydrogens is 335 g/mol. The van der Waals surface area contributed by atoms with Crippen LogP contribution in [0.4, 0.5) is 10.1 Å². The topological polar surface area (TPSA) is 80.9 Å². The van der Waals surface area contributed by atoms with Crippen LogP contribution < -0.4 is 5.32 Å². The fourth-order valence-electron chi connectivity index (χ4n) is 2.74. The largest absolute Gasteiger partial charge is 0.360 e. The van der Waals surface area contributed by atoms with Gasteiger partial charge in [0.25, 0.3) is 5.91 Å². The standard InChI is InChI=1S/C19H13FN4O2/c1-11-16(17(24-26-11)12-5-2-3-6-13(12)20)19(25)23-15-8-10-21-14-7-4-9-22-18(14)15/h2-10H,1H3,(H,21,23,25). The van der Waals surface area contributed by atoms with Crippen LogP contribution in [0, 0.1) is 12.7 Å². The predicted molar refractivity (Wildman–Crippen MR) is 94.1 cm³/mol. The van der Waals surface area contributed by atoms with E-state index in [9.17, 15) is 9.18 Å². The van der Waals surface area contributed by atoms with Crippen LogP contribution in [-0.4, -0.2) is 21.0 Å². The number of carbonyl (C=O) groups excluding carboxylic acids is 1. The average Bonchev–Trinajstić information content (AvgIpc) is 3.04. The quantitative estimate of drug-likeness (QED) is 0.605. The van der Waals surface area contributed by atoms with Crippen molar-refractivity contribution in [2.75, 3.05) is 5.32 Å². The van der Waals surface area contributed by atoms with Crippen LogP contribution >= 0.6 is 0 Å². The number of hydrogen-bond donors (Lipinski definition) is 1. The summed E-state index contributed by atoms with van der Waals surface area (Å²) in [5.74, 6) is -0.641. The molecule has 3 heterocycles. The Morgan fingerprint density at radius 1 is 1.08 bits per heavy atom. The number of fused-ring (bicyclic) bond motifs is 1. The lowest BCUT2D eigenvalue weighted by molar-refractivity contribution is 0.102. The molecule has 4 rings (SSSR count). The smallest absolute Gasteiger partial charge is 0.261 e. The molecule has 1 N–H and O–H groups in total. The molecule has 0 aliphatic carbocycles. The summed E-state index contributed by atoms with van der Waals surface area (Å²) in [7, 11) is 0. The molecule has 1 amide bonds. The molecule has 0 radical (unpaired) electrons. The molecule has 1 aromatic carbocycles. The number of pyridine rings is 2. The van der Waals surface area contributed by atoms with Crippen LogP contribution in [0.15, 0.2) is 59.4 Å². The monoisotopic (exact) mass is 348 g/mol. The van der Waals surface area contributed by atoms with Crippen molar-refractivity contribution in [1.82, 2.24) is 15.1 Å². The lowest BCUT2D eigenvalue weighted by atomic mass is 10.0. The number of benzene rings is 1. The molecule has 0 aliphatic heterocycles. The molecule has 0 unspecified atom stereocenters. The Balaban J connectivity index is 1.76. The van der Waals surface area contributed by atoms with Crippen LogP contribution in [0.1, 0.15) is 16.1 Å². The number of anilines is 1. The summed E-state index contributed by atoms with van der Waals surface area (Å²) in [5.41, 5.74) is 2.25. The summed E-state index contributed by atoms with van der Waals surface area (Å²) in [6.45, 7) is 1.61. The van der Waals surface area contributed by atoms with Crippen molar-refractivity contribution in [2.45, 2.75) is 6.92 Å². The third-order valence-corrected chi connectivity index (χ3v) is 3.96.